The zero-order valence-electron chi connectivity index (χ0n) is 9.11. The van der Waals surface area contributed by atoms with Crippen molar-refractivity contribution in [2.75, 3.05) is 13.7 Å². The van der Waals surface area contributed by atoms with E-state index in [0.717, 1.165) is 13.0 Å². The number of ether oxygens (including phenoxy) is 1. The first kappa shape index (κ1) is 11.0. The summed E-state index contributed by atoms with van der Waals surface area (Å²) in [5, 5.41) is 3.36. The number of aromatic nitrogens is 1. The van der Waals surface area contributed by atoms with Gasteiger partial charge in [0.2, 0.25) is 0 Å². The molecule has 0 aromatic carbocycles. The van der Waals surface area contributed by atoms with Gasteiger partial charge in [-0.05, 0) is 26.3 Å². The Bertz CT molecular complexity index is 270. The average Bonchev–Trinajstić information content (AvgIpc) is 2.80. The van der Waals surface area contributed by atoms with Gasteiger partial charge >= 0.3 is 0 Å². The Labute approximate surface area is 94.9 Å². The summed E-state index contributed by atoms with van der Waals surface area (Å²) >= 11 is 1.72. The highest BCUT2D eigenvalue weighted by molar-refractivity contribution is 7.09. The van der Waals surface area contributed by atoms with Crippen LogP contribution in [0, 0.1) is 0 Å². The summed E-state index contributed by atoms with van der Waals surface area (Å²) in [6.07, 6.45) is 7.07. The van der Waals surface area contributed by atoms with Crippen LogP contribution in [0.25, 0.3) is 0 Å². The molecule has 1 aromatic rings. The number of hydrogen-bond donors (Lipinski definition) is 1. The Morgan fingerprint density at radius 2 is 2.60 bits per heavy atom. The molecule has 1 fully saturated rings. The van der Waals surface area contributed by atoms with Gasteiger partial charge in [0.25, 0.3) is 0 Å². The molecule has 4 heteroatoms. The van der Waals surface area contributed by atoms with Crippen LogP contribution in [0.4, 0.5) is 0 Å². The van der Waals surface area contributed by atoms with E-state index < -0.39 is 0 Å². The maximum atomic E-state index is 5.80. The van der Waals surface area contributed by atoms with E-state index >= 15 is 0 Å². The van der Waals surface area contributed by atoms with Crippen LogP contribution in [0.15, 0.2) is 11.7 Å². The highest BCUT2D eigenvalue weighted by Crippen LogP contribution is 2.19. The van der Waals surface area contributed by atoms with Gasteiger partial charge in [-0.15, -0.1) is 11.3 Å². The van der Waals surface area contributed by atoms with Crippen LogP contribution in [0.2, 0.25) is 0 Å². The molecule has 1 N–H and O–H groups in total. The van der Waals surface area contributed by atoms with Crippen LogP contribution in [-0.2, 0) is 11.2 Å². The van der Waals surface area contributed by atoms with E-state index in [0.29, 0.717) is 12.1 Å². The normalized spacial score (nSPS) is 23.9. The molecule has 0 spiro atoms. The van der Waals surface area contributed by atoms with Crippen molar-refractivity contribution in [1.82, 2.24) is 10.3 Å². The van der Waals surface area contributed by atoms with Gasteiger partial charge in [0.05, 0.1) is 11.6 Å². The van der Waals surface area contributed by atoms with Crippen molar-refractivity contribution in [3.05, 3.63) is 16.6 Å². The summed E-state index contributed by atoms with van der Waals surface area (Å²) < 4.78 is 5.80. The number of rotatable bonds is 4. The van der Waals surface area contributed by atoms with Crippen LogP contribution in [0.1, 0.15) is 24.1 Å². The predicted molar refractivity (Wildman–Crippen MR) is 62.3 cm³/mol. The van der Waals surface area contributed by atoms with Crippen molar-refractivity contribution in [2.45, 2.75) is 37.8 Å². The van der Waals surface area contributed by atoms with Crippen molar-refractivity contribution in [3.8, 4) is 0 Å². The summed E-state index contributed by atoms with van der Waals surface area (Å²) in [6.45, 7) is 0.922. The average molecular weight is 226 g/mol. The number of nitrogens with zero attached hydrogens (tertiary/aromatic N) is 1. The second-order valence-corrected chi connectivity index (χ2v) is 4.94. The van der Waals surface area contributed by atoms with Crippen molar-refractivity contribution >= 4 is 11.3 Å². The van der Waals surface area contributed by atoms with Gasteiger partial charge in [-0.2, -0.15) is 0 Å². The predicted octanol–water partition coefficient (Wildman–Crippen LogP) is 1.84. The van der Waals surface area contributed by atoms with Gasteiger partial charge < -0.3 is 10.1 Å². The molecular formula is C11H18N2OS. The molecule has 1 aromatic heterocycles. The molecule has 1 aliphatic rings. The topological polar surface area (TPSA) is 34.2 Å². The molecule has 0 aliphatic carbocycles. The molecule has 15 heavy (non-hydrogen) atoms. The summed E-state index contributed by atoms with van der Waals surface area (Å²) in [5.41, 5.74) is 1.89. The summed E-state index contributed by atoms with van der Waals surface area (Å²) in [5.74, 6) is 0. The number of likely N-dealkylation sites (N-methyl/N-ethyl adjacent to an activating group) is 1. The van der Waals surface area contributed by atoms with Crippen LogP contribution >= 0.6 is 11.3 Å². The third kappa shape index (κ3) is 3.00. The van der Waals surface area contributed by atoms with E-state index in [1.54, 1.807) is 11.3 Å². The minimum atomic E-state index is 0.380. The van der Waals surface area contributed by atoms with Gasteiger partial charge in [0, 0.05) is 30.1 Å². The fraction of sp³-hybridized carbons (Fsp3) is 0.727. The highest BCUT2D eigenvalue weighted by Gasteiger charge is 2.23. The fourth-order valence-corrected chi connectivity index (χ4v) is 2.72. The number of hydrogen-bond acceptors (Lipinski definition) is 4. The van der Waals surface area contributed by atoms with Crippen LogP contribution in [-0.4, -0.2) is 30.8 Å². The lowest BCUT2D eigenvalue weighted by atomic mass is 9.99. The van der Waals surface area contributed by atoms with Gasteiger partial charge in [-0.3, -0.25) is 4.98 Å². The molecule has 84 valence electrons. The second-order valence-electron chi connectivity index (χ2n) is 3.97. The third-order valence-electron chi connectivity index (χ3n) is 2.94. The molecule has 1 saturated heterocycles. The monoisotopic (exact) mass is 226 g/mol. The third-order valence-corrected chi connectivity index (χ3v) is 3.74. The Balaban J connectivity index is 1.91. The van der Waals surface area contributed by atoms with E-state index in [1.165, 1.54) is 24.1 Å². The Hall–Kier alpha value is -0.450. The quantitative estimate of drug-likeness (QED) is 0.850. The highest BCUT2D eigenvalue weighted by atomic mass is 32.1. The molecule has 3 nitrogen and oxygen atoms in total. The number of thiazole rings is 1. The summed E-state index contributed by atoms with van der Waals surface area (Å²) in [4.78, 5) is 5.44. The van der Waals surface area contributed by atoms with Crippen LogP contribution in [0.3, 0.4) is 0 Å². The maximum absolute atomic E-state index is 5.80. The molecule has 0 amide bonds. The molecule has 2 heterocycles. The first-order valence-corrected chi connectivity index (χ1v) is 6.44. The van der Waals surface area contributed by atoms with Crippen LogP contribution < -0.4 is 5.32 Å². The van der Waals surface area contributed by atoms with E-state index in [2.05, 4.69) is 10.3 Å². The van der Waals surface area contributed by atoms with Gasteiger partial charge in [-0.1, -0.05) is 0 Å². The molecule has 0 saturated carbocycles. The van der Waals surface area contributed by atoms with Gasteiger partial charge in [0.15, 0.2) is 0 Å². The molecular weight excluding hydrogens is 208 g/mol. The first-order chi connectivity index (χ1) is 7.40. The van der Waals surface area contributed by atoms with Gasteiger partial charge in [-0.25, -0.2) is 0 Å². The lowest BCUT2D eigenvalue weighted by molar-refractivity contribution is -0.00572. The molecule has 0 radical (unpaired) electrons. The standard InChI is InChI=1S/C11H18N2OS/c1-12-10(6-9-7-13-8-15-9)11-4-2-3-5-14-11/h7-8,10-12H,2-6H2,1H3. The SMILES string of the molecule is CNC(Cc1cncs1)C1CCCCO1. The maximum Gasteiger partial charge on any atom is 0.0794 e. The minimum absolute atomic E-state index is 0.380. The summed E-state index contributed by atoms with van der Waals surface area (Å²) in [6, 6.07) is 0.436. The van der Waals surface area contributed by atoms with E-state index in [-0.39, 0.29) is 0 Å². The van der Waals surface area contributed by atoms with Crippen molar-refractivity contribution in [1.29, 1.82) is 0 Å². The lowest BCUT2D eigenvalue weighted by Crippen LogP contribution is -2.42. The smallest absolute Gasteiger partial charge is 0.0794 e. The molecule has 0 bridgehead atoms. The van der Waals surface area contributed by atoms with E-state index in [9.17, 15) is 0 Å². The minimum Gasteiger partial charge on any atom is -0.377 e. The Morgan fingerprint density at radius 3 is 3.20 bits per heavy atom. The molecule has 2 atom stereocenters. The largest absolute Gasteiger partial charge is 0.377 e. The van der Waals surface area contributed by atoms with Gasteiger partial charge in [0.1, 0.15) is 0 Å². The molecule has 1 aliphatic heterocycles. The molecule has 2 rings (SSSR count). The number of nitrogens with one attached hydrogen (secondary N) is 1. The lowest BCUT2D eigenvalue weighted by Gasteiger charge is -2.30. The van der Waals surface area contributed by atoms with E-state index in [4.69, 9.17) is 4.74 Å². The van der Waals surface area contributed by atoms with Crippen molar-refractivity contribution < 1.29 is 4.74 Å². The Morgan fingerprint density at radius 1 is 1.67 bits per heavy atom. The zero-order valence-corrected chi connectivity index (χ0v) is 9.93. The molecule has 2 unspecified atom stereocenters. The second kappa shape index (κ2) is 5.58. The fourth-order valence-electron chi connectivity index (χ4n) is 2.06. The van der Waals surface area contributed by atoms with Crippen molar-refractivity contribution in [3.63, 3.8) is 0 Å². The van der Waals surface area contributed by atoms with Crippen LogP contribution in [0.5, 0.6) is 0 Å². The zero-order chi connectivity index (χ0) is 10.5. The first-order valence-electron chi connectivity index (χ1n) is 5.56. The van der Waals surface area contributed by atoms with Crippen molar-refractivity contribution in [2.24, 2.45) is 0 Å². The summed E-state index contributed by atoms with van der Waals surface area (Å²) in [7, 11) is 2.02. The van der Waals surface area contributed by atoms with E-state index in [1.807, 2.05) is 18.8 Å². The Kier molecular flexibility index (Phi) is 4.11.